The Morgan fingerprint density at radius 2 is 2.37 bits per heavy atom. The van der Waals surface area contributed by atoms with Crippen LogP contribution in [0.4, 0.5) is 5.88 Å². The van der Waals surface area contributed by atoms with Gasteiger partial charge in [0.1, 0.15) is 4.92 Å². The fourth-order valence-corrected chi connectivity index (χ4v) is 2.36. The van der Waals surface area contributed by atoms with Crippen molar-refractivity contribution in [2.24, 2.45) is 5.92 Å². The molecule has 0 saturated carbocycles. The molecule has 0 spiro atoms. The third-order valence-electron chi connectivity index (χ3n) is 3.33. The van der Waals surface area contributed by atoms with Gasteiger partial charge in [0.05, 0.1) is 6.07 Å². The summed E-state index contributed by atoms with van der Waals surface area (Å²) in [7, 11) is 0. The Morgan fingerprint density at radius 1 is 1.58 bits per heavy atom. The Bertz CT molecular complexity index is 468. The molecule has 1 saturated heterocycles. The maximum atomic E-state index is 12.1. The number of nitrogens with zero attached hydrogens (tertiary/aromatic N) is 2. The molecule has 1 atom stereocenters. The first-order valence-electron chi connectivity index (χ1n) is 6.26. The van der Waals surface area contributed by atoms with Gasteiger partial charge in [-0.2, -0.15) is 0 Å². The molecule has 0 aromatic carbocycles. The van der Waals surface area contributed by atoms with Crippen molar-refractivity contribution >= 4 is 11.8 Å². The highest BCUT2D eigenvalue weighted by Crippen LogP contribution is 2.23. The highest BCUT2D eigenvalue weighted by molar-refractivity contribution is 5.91. The number of aliphatic hydroxyl groups is 1. The predicted molar refractivity (Wildman–Crippen MR) is 65.7 cm³/mol. The van der Waals surface area contributed by atoms with E-state index in [1.54, 1.807) is 4.90 Å². The zero-order valence-corrected chi connectivity index (χ0v) is 10.4. The number of aliphatic hydroxyl groups excluding tert-OH is 1. The van der Waals surface area contributed by atoms with Crippen LogP contribution < -0.4 is 0 Å². The maximum Gasteiger partial charge on any atom is 0.433 e. The molecular formula is C12H16N2O5. The normalized spacial score (nSPS) is 19.4. The molecule has 0 aliphatic carbocycles. The first-order chi connectivity index (χ1) is 9.11. The van der Waals surface area contributed by atoms with E-state index in [0.29, 0.717) is 19.5 Å². The van der Waals surface area contributed by atoms with Crippen LogP contribution in [-0.4, -0.2) is 40.5 Å². The van der Waals surface area contributed by atoms with E-state index in [-0.39, 0.29) is 24.2 Å². The van der Waals surface area contributed by atoms with Crippen molar-refractivity contribution in [3.8, 4) is 0 Å². The zero-order chi connectivity index (χ0) is 13.8. The Hall–Kier alpha value is -1.89. The molecule has 1 aromatic heterocycles. The lowest BCUT2D eigenvalue weighted by Gasteiger charge is -2.31. The predicted octanol–water partition coefficient (Wildman–Crippen LogP) is 1.42. The first-order valence-corrected chi connectivity index (χ1v) is 6.26. The van der Waals surface area contributed by atoms with Gasteiger partial charge in [0.2, 0.25) is 0 Å². The number of carbonyl (C=O) groups is 1. The number of likely N-dealkylation sites (tertiary alicyclic amines) is 1. The summed E-state index contributed by atoms with van der Waals surface area (Å²) in [5.74, 6) is -0.466. The van der Waals surface area contributed by atoms with E-state index in [0.717, 1.165) is 12.8 Å². The average Bonchev–Trinajstić information content (AvgIpc) is 2.88. The summed E-state index contributed by atoms with van der Waals surface area (Å²) in [6.45, 7) is 1.29. The molecule has 1 unspecified atom stereocenters. The monoisotopic (exact) mass is 268 g/mol. The molecule has 0 radical (unpaired) electrons. The molecule has 7 heteroatoms. The van der Waals surface area contributed by atoms with Gasteiger partial charge < -0.3 is 14.4 Å². The van der Waals surface area contributed by atoms with Gasteiger partial charge in [0.25, 0.3) is 5.91 Å². The second-order valence-corrected chi connectivity index (χ2v) is 4.67. The van der Waals surface area contributed by atoms with Gasteiger partial charge in [-0.05, 0) is 31.2 Å². The molecule has 1 aliphatic heterocycles. The van der Waals surface area contributed by atoms with Crippen molar-refractivity contribution in [1.29, 1.82) is 0 Å². The fourth-order valence-electron chi connectivity index (χ4n) is 2.36. The minimum atomic E-state index is -0.665. The number of piperidine rings is 1. The lowest BCUT2D eigenvalue weighted by atomic mass is 9.95. The van der Waals surface area contributed by atoms with Gasteiger partial charge in [-0.15, -0.1) is 0 Å². The lowest BCUT2D eigenvalue weighted by molar-refractivity contribution is -0.402. The van der Waals surface area contributed by atoms with E-state index in [4.69, 9.17) is 9.52 Å². The lowest BCUT2D eigenvalue weighted by Crippen LogP contribution is -2.40. The second kappa shape index (κ2) is 5.83. The molecule has 1 aliphatic rings. The van der Waals surface area contributed by atoms with Crippen molar-refractivity contribution < 1.29 is 19.2 Å². The quantitative estimate of drug-likeness (QED) is 0.658. The summed E-state index contributed by atoms with van der Waals surface area (Å²) >= 11 is 0. The van der Waals surface area contributed by atoms with E-state index in [1.807, 2.05) is 0 Å². The fraction of sp³-hybridized carbons (Fsp3) is 0.583. The molecular weight excluding hydrogens is 252 g/mol. The van der Waals surface area contributed by atoms with Crippen molar-refractivity contribution in [2.45, 2.75) is 19.3 Å². The molecule has 1 fully saturated rings. The number of nitro groups is 1. The van der Waals surface area contributed by atoms with Gasteiger partial charge in [-0.3, -0.25) is 14.9 Å². The Kier molecular flexibility index (Phi) is 4.16. The van der Waals surface area contributed by atoms with E-state index in [1.165, 1.54) is 12.1 Å². The molecule has 7 nitrogen and oxygen atoms in total. The van der Waals surface area contributed by atoms with Crippen LogP contribution in [0.2, 0.25) is 0 Å². The van der Waals surface area contributed by atoms with E-state index >= 15 is 0 Å². The van der Waals surface area contributed by atoms with Gasteiger partial charge in [0.15, 0.2) is 5.76 Å². The standard InChI is InChI=1S/C12H16N2O5/c15-7-5-9-2-1-6-13(8-9)12(16)10-3-4-11(19-10)14(17)18/h3-4,9,15H,1-2,5-8H2. The van der Waals surface area contributed by atoms with Gasteiger partial charge in [0, 0.05) is 19.7 Å². The third-order valence-corrected chi connectivity index (χ3v) is 3.33. The summed E-state index contributed by atoms with van der Waals surface area (Å²) in [5, 5.41) is 19.4. The number of hydrogen-bond donors (Lipinski definition) is 1. The number of amides is 1. The number of rotatable bonds is 4. The molecule has 0 bridgehead atoms. The van der Waals surface area contributed by atoms with Gasteiger partial charge in [-0.25, -0.2) is 0 Å². The van der Waals surface area contributed by atoms with Crippen LogP contribution in [0.25, 0.3) is 0 Å². The maximum absolute atomic E-state index is 12.1. The molecule has 19 heavy (non-hydrogen) atoms. The first kappa shape index (κ1) is 13.5. The number of furan rings is 1. The largest absolute Gasteiger partial charge is 0.433 e. The molecule has 1 amide bonds. The summed E-state index contributed by atoms with van der Waals surface area (Å²) in [6.07, 6.45) is 2.53. The molecule has 1 N–H and O–H groups in total. The topological polar surface area (TPSA) is 96.8 Å². The smallest absolute Gasteiger partial charge is 0.396 e. The Balaban J connectivity index is 2.03. The third kappa shape index (κ3) is 3.11. The summed E-state index contributed by atoms with van der Waals surface area (Å²) < 4.78 is 4.92. The van der Waals surface area contributed by atoms with Crippen LogP contribution in [0.15, 0.2) is 16.5 Å². The van der Waals surface area contributed by atoms with E-state index in [2.05, 4.69) is 0 Å². The summed E-state index contributed by atoms with van der Waals surface area (Å²) in [4.78, 5) is 23.6. The van der Waals surface area contributed by atoms with Crippen LogP contribution in [0.5, 0.6) is 0 Å². The van der Waals surface area contributed by atoms with Crippen LogP contribution in [0.1, 0.15) is 29.8 Å². The molecule has 1 aromatic rings. The van der Waals surface area contributed by atoms with Crippen LogP contribution in [0, 0.1) is 16.0 Å². The number of carbonyl (C=O) groups excluding carboxylic acids is 1. The Labute approximate surface area is 110 Å². The summed E-state index contributed by atoms with van der Waals surface area (Å²) in [5.41, 5.74) is 0. The van der Waals surface area contributed by atoms with Crippen LogP contribution in [-0.2, 0) is 0 Å². The van der Waals surface area contributed by atoms with Crippen LogP contribution in [0.3, 0.4) is 0 Å². The van der Waals surface area contributed by atoms with Crippen LogP contribution >= 0.6 is 0 Å². The molecule has 2 heterocycles. The van der Waals surface area contributed by atoms with E-state index < -0.39 is 10.8 Å². The number of hydrogen-bond acceptors (Lipinski definition) is 5. The summed E-state index contributed by atoms with van der Waals surface area (Å²) in [6, 6.07) is 2.51. The Morgan fingerprint density at radius 3 is 3.00 bits per heavy atom. The zero-order valence-electron chi connectivity index (χ0n) is 10.4. The van der Waals surface area contributed by atoms with Gasteiger partial charge in [-0.1, -0.05) is 0 Å². The molecule has 104 valence electrons. The highest BCUT2D eigenvalue weighted by atomic mass is 16.6. The van der Waals surface area contributed by atoms with E-state index in [9.17, 15) is 14.9 Å². The van der Waals surface area contributed by atoms with Crippen molar-refractivity contribution in [2.75, 3.05) is 19.7 Å². The van der Waals surface area contributed by atoms with Crippen molar-refractivity contribution in [3.63, 3.8) is 0 Å². The SMILES string of the molecule is O=C(c1ccc([N+](=O)[O-])o1)N1CCCC(CCO)C1. The highest BCUT2D eigenvalue weighted by Gasteiger charge is 2.27. The minimum Gasteiger partial charge on any atom is -0.396 e. The average molecular weight is 268 g/mol. The molecule has 2 rings (SSSR count). The second-order valence-electron chi connectivity index (χ2n) is 4.67. The minimum absolute atomic E-state index is 0.00338. The van der Waals surface area contributed by atoms with Crippen molar-refractivity contribution in [3.05, 3.63) is 28.0 Å². The van der Waals surface area contributed by atoms with Gasteiger partial charge >= 0.3 is 5.88 Å². The van der Waals surface area contributed by atoms with Crippen molar-refractivity contribution in [1.82, 2.24) is 4.90 Å².